The molecule has 3 aliphatic rings. The van der Waals surface area contributed by atoms with Gasteiger partial charge < -0.3 is 19.1 Å². The molecule has 1 unspecified atom stereocenters. The molecule has 0 saturated carbocycles. The molecule has 2 aromatic carbocycles. The van der Waals surface area contributed by atoms with E-state index in [0.29, 0.717) is 34.5 Å². The highest BCUT2D eigenvalue weighted by Gasteiger charge is 2.47. The van der Waals surface area contributed by atoms with Crippen molar-refractivity contribution in [3.05, 3.63) is 53.1 Å². The number of ether oxygens (including phenoxy) is 3. The summed E-state index contributed by atoms with van der Waals surface area (Å²) in [7, 11) is 0.0654. The molecule has 2 aliphatic heterocycles. The Morgan fingerprint density at radius 3 is 2.49 bits per heavy atom. The topological polar surface area (TPSA) is 143 Å². The highest BCUT2D eigenvalue weighted by atomic mass is 32.2. The minimum atomic E-state index is -3.63. The number of fused-ring (bicyclic) bond motifs is 7. The standard InChI is InChI=1S/C30H33N3O9S/c1-30(2,3)42-29(36)19-8-7-9-21-25(19)41-26-23-22(27(34)33(28(23)35)13-12-32(4)5)20-16-17(10-11-18(20)24(26)31-21)39-14-15-40-43(6,37)38/h7-11,16,25H,12-15H2,1-6H3/p+1. The van der Waals surface area contributed by atoms with Crippen LogP contribution in [-0.2, 0) is 23.8 Å². The summed E-state index contributed by atoms with van der Waals surface area (Å²) in [5.74, 6) is -1.02. The van der Waals surface area contributed by atoms with Crippen LogP contribution in [0.25, 0.3) is 10.8 Å². The van der Waals surface area contributed by atoms with Crippen LogP contribution in [0.4, 0.5) is 5.69 Å². The zero-order valence-corrected chi connectivity index (χ0v) is 25.7. The molecule has 0 saturated heterocycles. The largest absolute Gasteiger partial charge is 0.491 e. The van der Waals surface area contributed by atoms with Crippen molar-refractivity contribution in [1.29, 1.82) is 0 Å². The normalized spacial score (nSPS) is 17.7. The lowest BCUT2D eigenvalue weighted by Crippen LogP contribution is -2.72. The van der Waals surface area contributed by atoms with E-state index in [0.717, 1.165) is 6.26 Å². The number of nitrogens with one attached hydrogen (secondary N) is 1. The summed E-state index contributed by atoms with van der Waals surface area (Å²) >= 11 is 0. The van der Waals surface area contributed by atoms with Crippen molar-refractivity contribution in [3.63, 3.8) is 0 Å². The number of nitrogens with zero attached hydrogens (tertiary/aromatic N) is 2. The number of rotatable bonds is 9. The van der Waals surface area contributed by atoms with Crippen LogP contribution < -0.4 is 14.5 Å². The molecule has 2 aromatic rings. The summed E-state index contributed by atoms with van der Waals surface area (Å²) in [6, 6.07) is 5.04. The average Bonchev–Trinajstić information content (AvgIpc) is 3.16. The number of hydrogen-bond acceptors (Lipinski definition) is 10. The number of amides is 2. The van der Waals surface area contributed by atoms with E-state index in [1.165, 1.54) is 4.90 Å². The lowest BCUT2D eigenvalue weighted by Gasteiger charge is -2.27. The summed E-state index contributed by atoms with van der Waals surface area (Å²) in [6.07, 6.45) is 5.17. The lowest BCUT2D eigenvalue weighted by atomic mass is 9.93. The zero-order valence-electron chi connectivity index (χ0n) is 24.8. The van der Waals surface area contributed by atoms with Crippen LogP contribution in [0, 0.1) is 0 Å². The van der Waals surface area contributed by atoms with Crippen molar-refractivity contribution in [2.45, 2.75) is 32.5 Å². The first-order valence-corrected chi connectivity index (χ1v) is 15.5. The zero-order chi connectivity index (χ0) is 31.3. The number of benzene rings is 2. The summed E-state index contributed by atoms with van der Waals surface area (Å²) < 4.78 is 45.1. The molecule has 2 heterocycles. The number of carbonyl (C=O) groups is 3. The number of allylic oxidation sites excluding steroid dienone is 2. The van der Waals surface area contributed by atoms with Crippen molar-refractivity contribution in [2.75, 3.05) is 46.7 Å². The summed E-state index contributed by atoms with van der Waals surface area (Å²) in [5.41, 5.74) is 0.807. The molecule has 0 spiro atoms. The Kier molecular flexibility index (Phi) is 7.92. The fourth-order valence-electron chi connectivity index (χ4n) is 5.02. The van der Waals surface area contributed by atoms with Crippen LogP contribution in [-0.4, -0.2) is 100 Å². The molecule has 0 bridgehead atoms. The Bertz CT molecular complexity index is 1730. The molecule has 2 amide bonds. The number of imide groups is 1. The first kappa shape index (κ1) is 30.4. The first-order chi connectivity index (χ1) is 20.1. The molecule has 0 radical (unpaired) electrons. The van der Waals surface area contributed by atoms with Gasteiger partial charge in [0.15, 0.2) is 0 Å². The number of likely N-dealkylation sites (N-methyl/N-ethyl adjacent to an activating group) is 1. The van der Waals surface area contributed by atoms with E-state index in [1.54, 1.807) is 57.2 Å². The Morgan fingerprint density at radius 2 is 1.81 bits per heavy atom. The molecular weight excluding hydrogens is 578 g/mol. The molecule has 5 rings (SSSR count). The van der Waals surface area contributed by atoms with Gasteiger partial charge >= 0.3 is 5.97 Å². The number of hydrogen-bond donors (Lipinski definition) is 1. The quantitative estimate of drug-likeness (QED) is 0.189. The van der Waals surface area contributed by atoms with E-state index < -0.39 is 39.6 Å². The Balaban J connectivity index is 1.61. The van der Waals surface area contributed by atoms with Gasteiger partial charge in [0.1, 0.15) is 30.1 Å². The molecule has 43 heavy (non-hydrogen) atoms. The highest BCUT2D eigenvalue weighted by Crippen LogP contribution is 2.45. The van der Waals surface area contributed by atoms with E-state index >= 15 is 0 Å². The smallest absolute Gasteiger partial charge is 0.338 e. The average molecular weight is 613 g/mol. The van der Waals surface area contributed by atoms with Crippen molar-refractivity contribution in [2.24, 2.45) is 0 Å². The van der Waals surface area contributed by atoms with E-state index in [2.05, 4.69) is 4.99 Å². The maximum Gasteiger partial charge on any atom is 0.338 e. The van der Waals surface area contributed by atoms with Crippen molar-refractivity contribution in [3.8, 4) is 11.5 Å². The summed E-state index contributed by atoms with van der Waals surface area (Å²) in [5, 5.41) is 1.05. The van der Waals surface area contributed by atoms with Crippen LogP contribution in [0.3, 0.4) is 0 Å². The lowest BCUT2D eigenvalue weighted by molar-refractivity contribution is -0.360. The predicted octanol–water partition coefficient (Wildman–Crippen LogP) is 1.10. The SMILES string of the molecule is CN(C)CCN1C(=O)c2c3c(c4ccc(OCCOS(C)(=O)=O)cc4c2C1=O)[NH+]=C1C=CC=C(C(=O)OC(C)(C)C)C1O3. The molecule has 12 nitrogen and oxygen atoms in total. The Labute approximate surface area is 249 Å². The van der Waals surface area contributed by atoms with Gasteiger partial charge in [-0.25, -0.2) is 9.79 Å². The molecule has 1 atom stereocenters. The molecule has 0 fully saturated rings. The second-order valence-corrected chi connectivity index (χ2v) is 13.3. The van der Waals surface area contributed by atoms with Gasteiger partial charge in [-0.05, 0) is 59.1 Å². The molecule has 228 valence electrons. The second-order valence-electron chi connectivity index (χ2n) is 11.7. The third-order valence-corrected chi connectivity index (χ3v) is 7.42. The van der Waals surface area contributed by atoms with E-state index in [-0.39, 0.29) is 42.2 Å². The maximum atomic E-state index is 13.8. The highest BCUT2D eigenvalue weighted by molar-refractivity contribution is 7.85. The minimum Gasteiger partial charge on any atom is -0.491 e. The Morgan fingerprint density at radius 1 is 1.09 bits per heavy atom. The van der Waals surface area contributed by atoms with Gasteiger partial charge in [0.05, 0.1) is 22.8 Å². The number of carbonyl (C=O) groups excluding carboxylic acids is 3. The van der Waals surface area contributed by atoms with Crippen molar-refractivity contribution >= 4 is 50.1 Å². The fourth-order valence-corrected chi connectivity index (χ4v) is 5.39. The number of esters is 1. The van der Waals surface area contributed by atoms with Gasteiger partial charge in [-0.15, -0.1) is 0 Å². The van der Waals surface area contributed by atoms with Crippen molar-refractivity contribution < 1.29 is 46.2 Å². The van der Waals surface area contributed by atoms with Crippen LogP contribution in [0.15, 0.2) is 42.0 Å². The Hall–Kier alpha value is -4.07. The molecule has 1 aliphatic carbocycles. The van der Waals surface area contributed by atoms with Gasteiger partial charge in [0.2, 0.25) is 17.6 Å². The third-order valence-electron chi connectivity index (χ3n) is 6.83. The second kappa shape index (κ2) is 11.2. The molecule has 1 N–H and O–H groups in total. The van der Waals surface area contributed by atoms with E-state index in [9.17, 15) is 22.8 Å². The summed E-state index contributed by atoms with van der Waals surface area (Å²) in [6.45, 7) is 5.68. The fraction of sp³-hybridized carbons (Fsp3) is 0.400. The minimum absolute atomic E-state index is 0.0565. The van der Waals surface area contributed by atoms with Crippen LogP contribution in [0.5, 0.6) is 11.5 Å². The van der Waals surface area contributed by atoms with E-state index in [1.807, 2.05) is 19.0 Å². The van der Waals surface area contributed by atoms with E-state index in [4.69, 9.17) is 18.4 Å². The van der Waals surface area contributed by atoms with Gasteiger partial charge in [0, 0.05) is 24.6 Å². The maximum absolute atomic E-state index is 13.8. The van der Waals surface area contributed by atoms with Gasteiger partial charge in [0.25, 0.3) is 27.6 Å². The van der Waals surface area contributed by atoms with Gasteiger partial charge in [-0.3, -0.25) is 18.7 Å². The monoisotopic (exact) mass is 612 g/mol. The van der Waals surface area contributed by atoms with Crippen molar-refractivity contribution in [1.82, 2.24) is 9.80 Å². The van der Waals surface area contributed by atoms with Gasteiger partial charge in [-0.1, -0.05) is 6.08 Å². The molecular formula is C30H34N3O9S+. The van der Waals surface area contributed by atoms with Gasteiger partial charge in [-0.2, -0.15) is 8.42 Å². The van der Waals surface area contributed by atoms with Crippen LogP contribution in [0.1, 0.15) is 41.5 Å². The molecule has 13 heteroatoms. The first-order valence-electron chi connectivity index (χ1n) is 13.7. The van der Waals surface area contributed by atoms with Crippen LogP contribution >= 0.6 is 0 Å². The van der Waals surface area contributed by atoms with Crippen LogP contribution in [0.2, 0.25) is 0 Å². The summed E-state index contributed by atoms with van der Waals surface area (Å²) in [4.78, 5) is 47.1. The molecule has 0 aromatic heterocycles. The predicted molar refractivity (Wildman–Crippen MR) is 157 cm³/mol. The third kappa shape index (κ3) is 6.19.